The summed E-state index contributed by atoms with van der Waals surface area (Å²) in [6.07, 6.45) is 1.44. The number of hydrogen-bond donors (Lipinski definition) is 1. The first kappa shape index (κ1) is 9.35. The average Bonchev–Trinajstić information content (AvgIpc) is 2.51. The van der Waals surface area contributed by atoms with Gasteiger partial charge in [0.15, 0.2) is 4.34 Å². The van der Waals surface area contributed by atoms with E-state index in [9.17, 15) is 0 Å². The van der Waals surface area contributed by atoms with Gasteiger partial charge in [-0.3, -0.25) is 0 Å². The molecule has 0 bridgehead atoms. The molecule has 7 heteroatoms. The molecule has 2 aromatic rings. The van der Waals surface area contributed by atoms with Crippen LogP contribution in [0.1, 0.15) is 5.01 Å². The Morgan fingerprint density at radius 3 is 2.86 bits per heavy atom. The molecule has 0 aliphatic rings. The minimum absolute atomic E-state index is 0.462. The van der Waals surface area contributed by atoms with E-state index < -0.39 is 0 Å². The fourth-order valence-electron chi connectivity index (χ4n) is 0.818. The highest BCUT2D eigenvalue weighted by molar-refractivity contribution is 8.01. The summed E-state index contributed by atoms with van der Waals surface area (Å²) in [7, 11) is 0. The molecule has 0 aliphatic heterocycles. The van der Waals surface area contributed by atoms with Crippen LogP contribution in [-0.4, -0.2) is 20.2 Å². The Hall–Kier alpha value is -1.21. The second-order valence-electron chi connectivity index (χ2n) is 2.47. The smallest absolute Gasteiger partial charge is 0.180 e. The highest BCUT2D eigenvalue weighted by atomic mass is 32.2. The molecule has 0 amide bonds. The van der Waals surface area contributed by atoms with Crippen LogP contribution in [0, 0.1) is 6.92 Å². The van der Waals surface area contributed by atoms with Gasteiger partial charge in [-0.2, -0.15) is 0 Å². The van der Waals surface area contributed by atoms with Gasteiger partial charge in [0.2, 0.25) is 0 Å². The summed E-state index contributed by atoms with van der Waals surface area (Å²) >= 11 is 2.96. The largest absolute Gasteiger partial charge is 0.384 e. The van der Waals surface area contributed by atoms with Gasteiger partial charge in [-0.15, -0.1) is 10.2 Å². The molecule has 2 heterocycles. The van der Waals surface area contributed by atoms with E-state index in [4.69, 9.17) is 5.73 Å². The maximum atomic E-state index is 5.52. The molecule has 2 aromatic heterocycles. The summed E-state index contributed by atoms with van der Waals surface area (Å²) in [6, 6.07) is 1.71. The third kappa shape index (κ3) is 2.18. The molecule has 0 saturated carbocycles. The van der Waals surface area contributed by atoms with E-state index in [2.05, 4.69) is 20.2 Å². The molecular formula is C7H7N5S2. The maximum Gasteiger partial charge on any atom is 0.180 e. The van der Waals surface area contributed by atoms with Crippen molar-refractivity contribution in [1.82, 2.24) is 20.2 Å². The van der Waals surface area contributed by atoms with Crippen molar-refractivity contribution in [1.29, 1.82) is 0 Å². The van der Waals surface area contributed by atoms with Crippen molar-refractivity contribution in [2.24, 2.45) is 0 Å². The fraction of sp³-hybridized carbons (Fsp3) is 0.143. The van der Waals surface area contributed by atoms with Gasteiger partial charge in [0.05, 0.1) is 0 Å². The molecule has 0 radical (unpaired) electrons. The van der Waals surface area contributed by atoms with E-state index in [0.717, 1.165) is 14.4 Å². The Labute approximate surface area is 88.8 Å². The van der Waals surface area contributed by atoms with Crippen molar-refractivity contribution in [3.63, 3.8) is 0 Å². The van der Waals surface area contributed by atoms with Crippen LogP contribution >= 0.6 is 23.1 Å². The summed E-state index contributed by atoms with van der Waals surface area (Å²) in [5.74, 6) is 0.462. The molecule has 0 spiro atoms. The summed E-state index contributed by atoms with van der Waals surface area (Å²) in [5.41, 5.74) is 5.52. The monoisotopic (exact) mass is 225 g/mol. The number of anilines is 1. The Bertz CT molecular complexity index is 441. The van der Waals surface area contributed by atoms with Crippen LogP contribution in [0.4, 0.5) is 5.82 Å². The first-order chi connectivity index (χ1) is 6.74. The van der Waals surface area contributed by atoms with Crippen molar-refractivity contribution in [2.75, 3.05) is 5.73 Å². The van der Waals surface area contributed by atoms with Crippen LogP contribution in [0.5, 0.6) is 0 Å². The van der Waals surface area contributed by atoms with Crippen LogP contribution in [0.15, 0.2) is 21.8 Å². The first-order valence-electron chi connectivity index (χ1n) is 3.79. The van der Waals surface area contributed by atoms with Crippen molar-refractivity contribution >= 4 is 28.9 Å². The quantitative estimate of drug-likeness (QED) is 0.778. The van der Waals surface area contributed by atoms with Crippen LogP contribution in [0.25, 0.3) is 0 Å². The third-order valence-electron chi connectivity index (χ3n) is 1.36. The van der Waals surface area contributed by atoms with E-state index in [1.165, 1.54) is 29.4 Å². The molecule has 72 valence electrons. The van der Waals surface area contributed by atoms with Crippen LogP contribution < -0.4 is 5.73 Å². The Morgan fingerprint density at radius 2 is 2.21 bits per heavy atom. The molecule has 0 atom stereocenters. The van der Waals surface area contributed by atoms with Gasteiger partial charge in [-0.25, -0.2) is 9.97 Å². The zero-order valence-electron chi connectivity index (χ0n) is 7.34. The van der Waals surface area contributed by atoms with Gasteiger partial charge in [-0.05, 0) is 18.7 Å². The summed E-state index contributed by atoms with van der Waals surface area (Å²) in [5, 5.41) is 9.60. The lowest BCUT2D eigenvalue weighted by atomic mass is 10.6. The van der Waals surface area contributed by atoms with Gasteiger partial charge in [0.25, 0.3) is 0 Å². The predicted octanol–water partition coefficient (Wildman–Crippen LogP) is 1.37. The Kier molecular flexibility index (Phi) is 2.60. The van der Waals surface area contributed by atoms with Crippen LogP contribution in [-0.2, 0) is 0 Å². The van der Waals surface area contributed by atoms with Crippen molar-refractivity contribution in [2.45, 2.75) is 16.3 Å². The van der Waals surface area contributed by atoms with Crippen molar-refractivity contribution in [3.05, 3.63) is 17.4 Å². The number of nitrogens with zero attached hydrogens (tertiary/aromatic N) is 4. The minimum atomic E-state index is 0.462. The predicted molar refractivity (Wildman–Crippen MR) is 55.2 cm³/mol. The second-order valence-corrected chi connectivity index (χ2v) is 4.92. The number of aryl methyl sites for hydroxylation is 1. The van der Waals surface area contributed by atoms with E-state index in [-0.39, 0.29) is 0 Å². The topological polar surface area (TPSA) is 77.6 Å². The van der Waals surface area contributed by atoms with Gasteiger partial charge < -0.3 is 5.73 Å². The molecule has 5 nitrogen and oxygen atoms in total. The van der Waals surface area contributed by atoms with E-state index in [1.807, 2.05) is 6.92 Å². The second kappa shape index (κ2) is 3.89. The number of rotatable bonds is 2. The first-order valence-corrected chi connectivity index (χ1v) is 5.43. The fourth-order valence-corrected chi connectivity index (χ4v) is 2.56. The van der Waals surface area contributed by atoms with E-state index >= 15 is 0 Å². The number of nitrogens with two attached hydrogens (primary N) is 1. The number of aromatic nitrogens is 4. The van der Waals surface area contributed by atoms with Gasteiger partial charge in [0, 0.05) is 6.07 Å². The van der Waals surface area contributed by atoms with E-state index in [1.54, 1.807) is 6.07 Å². The summed E-state index contributed by atoms with van der Waals surface area (Å²) in [4.78, 5) is 7.86. The van der Waals surface area contributed by atoms with Gasteiger partial charge >= 0.3 is 0 Å². The summed E-state index contributed by atoms with van der Waals surface area (Å²) < 4.78 is 0.862. The van der Waals surface area contributed by atoms with Crippen LogP contribution in [0.2, 0.25) is 0 Å². The number of hydrogen-bond acceptors (Lipinski definition) is 7. The zero-order chi connectivity index (χ0) is 9.97. The van der Waals surface area contributed by atoms with E-state index in [0.29, 0.717) is 5.82 Å². The molecule has 2 N–H and O–H groups in total. The standard InChI is InChI=1S/C7H7N5S2/c1-4-11-12-7(13-4)14-6-2-5(8)9-3-10-6/h2-3H,1H3,(H2,8,9,10). The highest BCUT2D eigenvalue weighted by Gasteiger charge is 2.04. The maximum absolute atomic E-state index is 5.52. The third-order valence-corrected chi connectivity index (χ3v) is 3.18. The number of nitrogen functional groups attached to an aromatic ring is 1. The zero-order valence-corrected chi connectivity index (χ0v) is 8.97. The normalized spacial score (nSPS) is 10.4. The van der Waals surface area contributed by atoms with Gasteiger partial charge in [-0.1, -0.05) is 11.3 Å². The summed E-state index contributed by atoms with van der Waals surface area (Å²) in [6.45, 7) is 1.91. The lowest BCUT2D eigenvalue weighted by Gasteiger charge is -1.95. The van der Waals surface area contributed by atoms with Crippen LogP contribution in [0.3, 0.4) is 0 Å². The molecule has 0 unspecified atom stereocenters. The molecule has 0 aliphatic carbocycles. The van der Waals surface area contributed by atoms with Gasteiger partial charge in [0.1, 0.15) is 22.2 Å². The lowest BCUT2D eigenvalue weighted by Crippen LogP contribution is -1.91. The van der Waals surface area contributed by atoms with Crippen molar-refractivity contribution < 1.29 is 0 Å². The average molecular weight is 225 g/mol. The molecule has 0 aromatic carbocycles. The highest BCUT2D eigenvalue weighted by Crippen LogP contribution is 2.28. The minimum Gasteiger partial charge on any atom is -0.384 e. The molecule has 0 saturated heterocycles. The molecule has 0 fully saturated rings. The molecule has 2 rings (SSSR count). The lowest BCUT2D eigenvalue weighted by molar-refractivity contribution is 0.978. The SMILES string of the molecule is Cc1nnc(Sc2cc(N)ncn2)s1. The molecule has 14 heavy (non-hydrogen) atoms. The Balaban J connectivity index is 2.18. The molecular weight excluding hydrogens is 218 g/mol. The Morgan fingerprint density at radius 1 is 1.36 bits per heavy atom. The van der Waals surface area contributed by atoms with Crippen molar-refractivity contribution in [3.8, 4) is 0 Å².